The molecular formula is C17H25NO. The molecule has 0 saturated carbocycles. The van der Waals surface area contributed by atoms with E-state index in [0.717, 1.165) is 5.75 Å². The first kappa shape index (κ1) is 14.1. The highest BCUT2D eigenvalue weighted by Gasteiger charge is 2.17. The molecule has 0 saturated heterocycles. The van der Waals surface area contributed by atoms with Crippen LogP contribution >= 0.6 is 0 Å². The van der Waals surface area contributed by atoms with Crippen molar-refractivity contribution in [2.45, 2.75) is 51.7 Å². The van der Waals surface area contributed by atoms with Crippen LogP contribution in [0.5, 0.6) is 5.75 Å². The van der Waals surface area contributed by atoms with Crippen LogP contribution in [0, 0.1) is 0 Å². The van der Waals surface area contributed by atoms with Gasteiger partial charge in [-0.15, -0.1) is 0 Å². The topological polar surface area (TPSA) is 21.3 Å². The smallest absolute Gasteiger partial charge is 0.120 e. The first-order chi connectivity index (χ1) is 9.20. The molecule has 2 heteroatoms. The Kier molecular flexibility index (Phi) is 5.03. The zero-order chi connectivity index (χ0) is 13.7. The van der Waals surface area contributed by atoms with Crippen molar-refractivity contribution in [1.29, 1.82) is 0 Å². The number of likely N-dealkylation sites (N-methyl/N-ethyl adjacent to an activating group) is 1. The predicted molar refractivity (Wildman–Crippen MR) is 80.6 cm³/mol. The van der Waals surface area contributed by atoms with Gasteiger partial charge in [0.25, 0.3) is 0 Å². The number of hydrogen-bond donors (Lipinski definition) is 1. The summed E-state index contributed by atoms with van der Waals surface area (Å²) in [5.41, 5.74) is 2.82. The maximum atomic E-state index is 5.79. The summed E-state index contributed by atoms with van der Waals surface area (Å²) in [5.74, 6) is 0.962. The second kappa shape index (κ2) is 6.76. The van der Waals surface area contributed by atoms with Gasteiger partial charge in [0.05, 0.1) is 12.1 Å². The van der Waals surface area contributed by atoms with E-state index in [0.29, 0.717) is 6.04 Å². The van der Waals surface area contributed by atoms with Crippen molar-refractivity contribution in [1.82, 2.24) is 5.32 Å². The predicted octanol–water partition coefficient (Wildman–Crippen LogP) is 4.23. The lowest BCUT2D eigenvalue weighted by atomic mass is 9.90. The number of ether oxygens (including phenoxy) is 1. The van der Waals surface area contributed by atoms with Crippen molar-refractivity contribution >= 4 is 0 Å². The minimum Gasteiger partial charge on any atom is -0.491 e. The summed E-state index contributed by atoms with van der Waals surface area (Å²) in [5, 5.41) is 3.44. The minimum absolute atomic E-state index is 0.220. The van der Waals surface area contributed by atoms with Crippen LogP contribution in [0.3, 0.4) is 0 Å². The first-order valence-corrected chi connectivity index (χ1v) is 7.33. The normalized spacial score (nSPS) is 17.2. The van der Waals surface area contributed by atoms with Gasteiger partial charge in [-0.3, -0.25) is 0 Å². The van der Waals surface area contributed by atoms with Crippen molar-refractivity contribution in [2.24, 2.45) is 0 Å². The summed E-state index contributed by atoms with van der Waals surface area (Å²) in [6, 6.07) is 8.79. The van der Waals surface area contributed by atoms with E-state index in [4.69, 9.17) is 4.74 Å². The molecule has 1 atom stereocenters. The summed E-state index contributed by atoms with van der Waals surface area (Å²) in [6.45, 7) is 4.12. The molecule has 104 valence electrons. The molecule has 1 aliphatic carbocycles. The van der Waals surface area contributed by atoms with Crippen molar-refractivity contribution in [2.75, 3.05) is 7.05 Å². The molecule has 2 nitrogen and oxygen atoms in total. The monoisotopic (exact) mass is 259 g/mol. The fourth-order valence-electron chi connectivity index (χ4n) is 2.73. The van der Waals surface area contributed by atoms with Gasteiger partial charge in [-0.1, -0.05) is 23.8 Å². The van der Waals surface area contributed by atoms with Crippen LogP contribution in [-0.4, -0.2) is 13.2 Å². The molecule has 0 radical (unpaired) electrons. The Bertz CT molecular complexity index is 437. The van der Waals surface area contributed by atoms with Crippen molar-refractivity contribution in [3.63, 3.8) is 0 Å². The molecule has 0 fully saturated rings. The Morgan fingerprint density at radius 2 is 2.05 bits per heavy atom. The molecule has 19 heavy (non-hydrogen) atoms. The second-order valence-corrected chi connectivity index (χ2v) is 5.49. The number of hydrogen-bond acceptors (Lipinski definition) is 2. The lowest BCUT2D eigenvalue weighted by molar-refractivity contribution is 0.242. The molecule has 0 heterocycles. The van der Waals surface area contributed by atoms with Crippen LogP contribution in [0.2, 0.25) is 0 Å². The van der Waals surface area contributed by atoms with E-state index < -0.39 is 0 Å². The van der Waals surface area contributed by atoms with E-state index >= 15 is 0 Å². The SMILES string of the molecule is CNC(C1=CCCCC1)c1cccc(OC(C)C)c1. The van der Waals surface area contributed by atoms with Crippen LogP contribution in [0.25, 0.3) is 0 Å². The molecule has 1 aliphatic rings. The molecule has 1 aromatic rings. The average molecular weight is 259 g/mol. The van der Waals surface area contributed by atoms with E-state index in [2.05, 4.69) is 43.4 Å². The van der Waals surface area contributed by atoms with Gasteiger partial charge < -0.3 is 10.1 Å². The van der Waals surface area contributed by atoms with E-state index in [1.807, 2.05) is 13.1 Å². The lowest BCUT2D eigenvalue weighted by Crippen LogP contribution is -2.20. The second-order valence-electron chi connectivity index (χ2n) is 5.49. The van der Waals surface area contributed by atoms with Crippen molar-refractivity contribution in [3.05, 3.63) is 41.5 Å². The highest BCUT2D eigenvalue weighted by Crippen LogP contribution is 2.31. The summed E-state index contributed by atoms with van der Waals surface area (Å²) >= 11 is 0. The van der Waals surface area contributed by atoms with Crippen LogP contribution in [0.15, 0.2) is 35.9 Å². The fraction of sp³-hybridized carbons (Fsp3) is 0.529. The largest absolute Gasteiger partial charge is 0.491 e. The number of allylic oxidation sites excluding steroid dienone is 1. The van der Waals surface area contributed by atoms with Gasteiger partial charge in [-0.25, -0.2) is 0 Å². The maximum absolute atomic E-state index is 5.79. The third-order valence-electron chi connectivity index (χ3n) is 3.55. The van der Waals surface area contributed by atoms with Gasteiger partial charge in [0.2, 0.25) is 0 Å². The van der Waals surface area contributed by atoms with Gasteiger partial charge in [-0.05, 0) is 64.3 Å². The molecule has 0 aliphatic heterocycles. The Balaban J connectivity index is 2.20. The minimum atomic E-state index is 0.220. The Labute approximate surface area is 116 Å². The summed E-state index contributed by atoms with van der Waals surface area (Å²) < 4.78 is 5.79. The lowest BCUT2D eigenvalue weighted by Gasteiger charge is -2.24. The van der Waals surface area contributed by atoms with Crippen LogP contribution in [0.4, 0.5) is 0 Å². The molecule has 1 aromatic carbocycles. The van der Waals surface area contributed by atoms with E-state index in [1.54, 1.807) is 0 Å². The molecule has 1 unspecified atom stereocenters. The van der Waals surface area contributed by atoms with Crippen LogP contribution in [-0.2, 0) is 0 Å². The van der Waals surface area contributed by atoms with Crippen LogP contribution in [0.1, 0.15) is 51.1 Å². The van der Waals surface area contributed by atoms with E-state index in [1.165, 1.54) is 36.8 Å². The fourth-order valence-corrected chi connectivity index (χ4v) is 2.73. The number of benzene rings is 1. The van der Waals surface area contributed by atoms with Crippen molar-refractivity contribution < 1.29 is 4.74 Å². The molecule has 2 rings (SSSR count). The van der Waals surface area contributed by atoms with Gasteiger partial charge in [0.15, 0.2) is 0 Å². The standard InChI is InChI=1S/C17H25NO/c1-13(2)19-16-11-7-10-15(12-16)17(18-3)14-8-5-4-6-9-14/h7-8,10-13,17-18H,4-6,9H2,1-3H3. The molecule has 0 bridgehead atoms. The first-order valence-electron chi connectivity index (χ1n) is 7.33. The summed E-state index contributed by atoms with van der Waals surface area (Å²) in [4.78, 5) is 0. The Morgan fingerprint density at radius 3 is 2.68 bits per heavy atom. The molecule has 0 amide bonds. The summed E-state index contributed by atoms with van der Waals surface area (Å²) in [7, 11) is 2.04. The highest BCUT2D eigenvalue weighted by molar-refractivity contribution is 5.35. The Morgan fingerprint density at radius 1 is 1.21 bits per heavy atom. The van der Waals surface area contributed by atoms with Gasteiger partial charge >= 0.3 is 0 Å². The van der Waals surface area contributed by atoms with Crippen molar-refractivity contribution in [3.8, 4) is 5.75 Å². The highest BCUT2D eigenvalue weighted by atomic mass is 16.5. The number of rotatable bonds is 5. The zero-order valence-corrected chi connectivity index (χ0v) is 12.3. The van der Waals surface area contributed by atoms with E-state index in [9.17, 15) is 0 Å². The Hall–Kier alpha value is -1.28. The maximum Gasteiger partial charge on any atom is 0.120 e. The van der Waals surface area contributed by atoms with Crippen LogP contribution < -0.4 is 10.1 Å². The average Bonchev–Trinajstić information content (AvgIpc) is 2.40. The molecule has 0 aromatic heterocycles. The third-order valence-corrected chi connectivity index (χ3v) is 3.55. The van der Waals surface area contributed by atoms with Gasteiger partial charge in [-0.2, -0.15) is 0 Å². The quantitative estimate of drug-likeness (QED) is 0.799. The summed E-state index contributed by atoms with van der Waals surface area (Å²) in [6.07, 6.45) is 7.69. The third kappa shape index (κ3) is 3.84. The molecule has 1 N–H and O–H groups in total. The number of nitrogens with one attached hydrogen (secondary N) is 1. The molecular weight excluding hydrogens is 234 g/mol. The van der Waals surface area contributed by atoms with Gasteiger partial charge in [0, 0.05) is 0 Å². The van der Waals surface area contributed by atoms with Gasteiger partial charge in [0.1, 0.15) is 5.75 Å². The van der Waals surface area contributed by atoms with E-state index in [-0.39, 0.29) is 6.10 Å². The molecule has 0 spiro atoms. The zero-order valence-electron chi connectivity index (χ0n) is 12.3.